The van der Waals surface area contributed by atoms with E-state index >= 15 is 0 Å². The highest BCUT2D eigenvalue weighted by atomic mass is 31.2. The number of unbranched alkanes of at least 4 members (excludes halogenated alkanes) is 11. The number of aliphatic hydroxyl groups excluding tert-OH is 1. The lowest BCUT2D eigenvalue weighted by Gasteiger charge is -2.28. The smallest absolute Gasteiger partial charge is 0.306 e. The Morgan fingerprint density at radius 2 is 1.30 bits per heavy atom. The van der Waals surface area contributed by atoms with Crippen molar-refractivity contribution in [1.29, 1.82) is 0 Å². The molecule has 0 aliphatic carbocycles. The molecule has 53 heavy (non-hydrogen) atoms. The van der Waals surface area contributed by atoms with Gasteiger partial charge in [0.1, 0.15) is 19.8 Å². The van der Waals surface area contributed by atoms with Crippen LogP contribution in [0, 0.1) is 0 Å². The second-order valence-electron chi connectivity index (χ2n) is 14.5. The third kappa shape index (κ3) is 37.8. The molecule has 1 N–H and O–H groups in total. The Labute approximate surface area is 322 Å². The van der Waals surface area contributed by atoms with Crippen molar-refractivity contribution in [2.45, 2.75) is 148 Å². The summed E-state index contributed by atoms with van der Waals surface area (Å²) in [5.74, 6) is -0.984. The number of hydrogen-bond donors (Lipinski definition) is 1. The van der Waals surface area contributed by atoms with Crippen LogP contribution in [0.2, 0.25) is 0 Å². The zero-order chi connectivity index (χ0) is 39.5. The maximum atomic E-state index is 12.6. The molecule has 0 bridgehead atoms. The topological polar surface area (TPSA) is 131 Å². The van der Waals surface area contributed by atoms with E-state index in [2.05, 4.69) is 44.2 Å². The Kier molecular flexibility index (Phi) is 32.7. The lowest BCUT2D eigenvalue weighted by Crippen LogP contribution is -2.37. The molecule has 0 spiro atoms. The van der Waals surface area contributed by atoms with Gasteiger partial charge in [-0.15, -0.1) is 0 Å². The van der Waals surface area contributed by atoms with Crippen LogP contribution in [-0.4, -0.2) is 81.2 Å². The van der Waals surface area contributed by atoms with Gasteiger partial charge in [-0.2, -0.15) is 0 Å². The van der Waals surface area contributed by atoms with Gasteiger partial charge in [0, 0.05) is 12.8 Å². The molecule has 0 saturated heterocycles. The minimum Gasteiger partial charge on any atom is -0.756 e. The standard InChI is InChI=1S/C42H74NO9P/c1-6-8-10-12-14-16-17-19-21-25-30-34-42(46)52-40(38-51-53(47,48)50-36-35-43(3,4)5)37-49-41(45)33-29-26-22-24-28-32-39(44)31-27-23-20-18-15-13-11-9-7-2/h12,14-15,18,22-24,27-28,32,39-40,44H,6-11,13,16-17,19-21,25-26,29-31,33-38H2,1-5H3/b14-12-,18-15-,24-22+,27-23-,32-28-/t39?,40-/m1/s1. The van der Waals surface area contributed by atoms with Crippen molar-refractivity contribution in [2.24, 2.45) is 0 Å². The van der Waals surface area contributed by atoms with Crippen molar-refractivity contribution in [2.75, 3.05) is 47.5 Å². The number of allylic oxidation sites excluding steroid dienone is 8. The number of aliphatic hydroxyl groups is 1. The van der Waals surface area contributed by atoms with Crippen molar-refractivity contribution in [3.63, 3.8) is 0 Å². The number of ether oxygens (including phenoxy) is 2. The molecule has 0 heterocycles. The van der Waals surface area contributed by atoms with Gasteiger partial charge in [0.2, 0.25) is 0 Å². The first kappa shape index (κ1) is 50.7. The number of rotatable bonds is 35. The molecule has 11 heteroatoms. The van der Waals surface area contributed by atoms with Crippen molar-refractivity contribution in [1.82, 2.24) is 0 Å². The Balaban J connectivity index is 4.60. The van der Waals surface area contributed by atoms with Crippen LogP contribution in [0.5, 0.6) is 0 Å². The number of quaternary nitrogens is 1. The van der Waals surface area contributed by atoms with Crippen LogP contribution in [0.15, 0.2) is 60.8 Å². The lowest BCUT2D eigenvalue weighted by molar-refractivity contribution is -0.870. The molecule has 0 radical (unpaired) electrons. The van der Waals surface area contributed by atoms with E-state index in [-0.39, 0.29) is 26.1 Å². The van der Waals surface area contributed by atoms with E-state index in [4.69, 9.17) is 18.5 Å². The van der Waals surface area contributed by atoms with E-state index in [0.717, 1.165) is 51.4 Å². The van der Waals surface area contributed by atoms with Gasteiger partial charge in [0.25, 0.3) is 7.82 Å². The quantitative estimate of drug-likeness (QED) is 0.0167. The van der Waals surface area contributed by atoms with Gasteiger partial charge in [-0.3, -0.25) is 14.2 Å². The maximum absolute atomic E-state index is 12.6. The third-order valence-electron chi connectivity index (χ3n) is 8.09. The van der Waals surface area contributed by atoms with Crippen molar-refractivity contribution < 1.29 is 47.2 Å². The first-order valence-electron chi connectivity index (χ1n) is 20.1. The summed E-state index contributed by atoms with van der Waals surface area (Å²) < 4.78 is 33.6. The predicted molar refractivity (Wildman–Crippen MR) is 214 cm³/mol. The highest BCUT2D eigenvalue weighted by molar-refractivity contribution is 7.45. The lowest BCUT2D eigenvalue weighted by atomic mass is 10.1. The minimum absolute atomic E-state index is 0.0572. The van der Waals surface area contributed by atoms with Gasteiger partial charge < -0.3 is 33.0 Å². The minimum atomic E-state index is -4.65. The van der Waals surface area contributed by atoms with Crippen LogP contribution in [-0.2, 0) is 32.7 Å². The number of carbonyl (C=O) groups excluding carboxylic acids is 2. The highest BCUT2D eigenvalue weighted by Crippen LogP contribution is 2.38. The maximum Gasteiger partial charge on any atom is 0.306 e. The second-order valence-corrected chi connectivity index (χ2v) is 15.9. The van der Waals surface area contributed by atoms with Crippen LogP contribution in [0.1, 0.15) is 136 Å². The van der Waals surface area contributed by atoms with Gasteiger partial charge in [-0.1, -0.05) is 120 Å². The monoisotopic (exact) mass is 768 g/mol. The van der Waals surface area contributed by atoms with Gasteiger partial charge >= 0.3 is 11.9 Å². The zero-order valence-electron chi connectivity index (χ0n) is 33.8. The van der Waals surface area contributed by atoms with Gasteiger partial charge in [-0.25, -0.2) is 0 Å². The molecule has 0 aliphatic rings. The normalized spacial score (nSPS) is 14.9. The number of carbonyl (C=O) groups is 2. The average Bonchev–Trinajstić information content (AvgIpc) is 3.10. The Bertz CT molecular complexity index is 1110. The molecular weight excluding hydrogens is 693 g/mol. The molecule has 2 unspecified atom stereocenters. The molecule has 0 fully saturated rings. The van der Waals surface area contributed by atoms with Gasteiger partial charge in [-0.05, 0) is 64.2 Å². The summed E-state index contributed by atoms with van der Waals surface area (Å²) >= 11 is 0. The predicted octanol–water partition coefficient (Wildman–Crippen LogP) is 9.24. The number of phosphoric ester groups is 1. The van der Waals surface area contributed by atoms with E-state index in [1.165, 1.54) is 32.1 Å². The summed E-state index contributed by atoms with van der Waals surface area (Å²) in [7, 11) is 1.07. The highest BCUT2D eigenvalue weighted by Gasteiger charge is 2.21. The summed E-state index contributed by atoms with van der Waals surface area (Å²) in [6, 6.07) is 0. The van der Waals surface area contributed by atoms with Crippen LogP contribution < -0.4 is 4.89 Å². The fraction of sp³-hybridized carbons (Fsp3) is 0.714. The number of esters is 2. The Morgan fingerprint density at radius 3 is 2.02 bits per heavy atom. The summed E-state index contributed by atoms with van der Waals surface area (Å²) in [5.41, 5.74) is 0. The van der Waals surface area contributed by atoms with Crippen LogP contribution in [0.25, 0.3) is 0 Å². The summed E-state index contributed by atoms with van der Waals surface area (Å²) in [6.45, 7) is 3.95. The SMILES string of the molecule is CCCC/C=C\CCCCCCCC(=O)O[C@H](COC(=O)CCC/C=C/C=C\C(O)C/C=C\C/C=C\CCCCC)COP(=O)([O-])OCC[N+](C)(C)C. The van der Waals surface area contributed by atoms with E-state index in [0.29, 0.717) is 36.7 Å². The van der Waals surface area contributed by atoms with Crippen LogP contribution in [0.3, 0.4) is 0 Å². The Hall–Kier alpha value is -2.33. The second kappa shape index (κ2) is 34.2. The van der Waals surface area contributed by atoms with Crippen molar-refractivity contribution >= 4 is 19.8 Å². The molecule has 0 aromatic rings. The van der Waals surface area contributed by atoms with E-state index in [1.54, 1.807) is 12.2 Å². The average molecular weight is 768 g/mol. The fourth-order valence-corrected chi connectivity index (χ4v) is 5.55. The van der Waals surface area contributed by atoms with E-state index < -0.39 is 38.6 Å². The molecular formula is C42H74NO9P. The van der Waals surface area contributed by atoms with E-state index in [1.807, 2.05) is 39.4 Å². The largest absolute Gasteiger partial charge is 0.756 e. The molecule has 0 saturated carbocycles. The summed E-state index contributed by atoms with van der Waals surface area (Å²) in [4.78, 5) is 37.3. The molecule has 306 valence electrons. The first-order chi connectivity index (χ1) is 25.4. The summed E-state index contributed by atoms with van der Waals surface area (Å²) in [6.07, 6.45) is 35.7. The molecule has 0 amide bonds. The van der Waals surface area contributed by atoms with Crippen LogP contribution in [0.4, 0.5) is 0 Å². The number of nitrogens with zero attached hydrogens (tertiary/aromatic N) is 1. The van der Waals surface area contributed by atoms with Crippen molar-refractivity contribution in [3.8, 4) is 0 Å². The number of hydrogen-bond acceptors (Lipinski definition) is 9. The fourth-order valence-electron chi connectivity index (χ4n) is 4.82. The van der Waals surface area contributed by atoms with Crippen LogP contribution >= 0.6 is 7.82 Å². The van der Waals surface area contributed by atoms with Gasteiger partial charge in [0.05, 0.1) is 33.9 Å². The third-order valence-corrected chi connectivity index (χ3v) is 9.05. The molecule has 10 nitrogen and oxygen atoms in total. The van der Waals surface area contributed by atoms with Crippen molar-refractivity contribution in [3.05, 3.63) is 60.8 Å². The van der Waals surface area contributed by atoms with E-state index in [9.17, 15) is 24.2 Å². The molecule has 0 aliphatic heterocycles. The molecule has 0 aromatic heterocycles. The molecule has 0 rings (SSSR count). The number of likely N-dealkylation sites (N-methyl/N-ethyl adjacent to an activating group) is 1. The Morgan fingerprint density at radius 1 is 0.698 bits per heavy atom. The van der Waals surface area contributed by atoms with Gasteiger partial charge in [0.15, 0.2) is 6.10 Å². The zero-order valence-corrected chi connectivity index (χ0v) is 34.7. The molecule has 3 atom stereocenters. The number of phosphoric acid groups is 1. The summed E-state index contributed by atoms with van der Waals surface area (Å²) in [5, 5.41) is 10.1. The molecule has 0 aromatic carbocycles. The first-order valence-corrected chi connectivity index (χ1v) is 21.6.